The van der Waals surface area contributed by atoms with Crippen LogP contribution in [0.25, 0.3) is 10.2 Å². The smallest absolute Gasteiger partial charge is 0.337 e. The van der Waals surface area contributed by atoms with E-state index in [-0.39, 0.29) is 16.5 Å². The molecular weight excluding hydrogens is 384 g/mol. The summed E-state index contributed by atoms with van der Waals surface area (Å²) in [5, 5.41) is 11.2. The summed E-state index contributed by atoms with van der Waals surface area (Å²) < 4.78 is 1.65. The molecule has 0 amide bonds. The Labute approximate surface area is 171 Å². The van der Waals surface area contributed by atoms with Gasteiger partial charge in [-0.3, -0.25) is 9.36 Å². The van der Waals surface area contributed by atoms with Crippen molar-refractivity contribution in [3.8, 4) is 0 Å². The molecule has 2 aromatic carbocycles. The van der Waals surface area contributed by atoms with E-state index in [2.05, 4.69) is 17.1 Å². The van der Waals surface area contributed by atoms with E-state index in [1.54, 1.807) is 4.57 Å². The molecule has 6 heteroatoms. The van der Waals surface area contributed by atoms with Crippen molar-refractivity contribution in [2.45, 2.75) is 25.8 Å². The highest BCUT2D eigenvalue weighted by atomic mass is 32.1. The van der Waals surface area contributed by atoms with Gasteiger partial charge in [-0.2, -0.15) is 0 Å². The number of carbonyl (C=O) groups is 1. The largest absolute Gasteiger partial charge is 0.478 e. The Bertz CT molecular complexity index is 1200. The Hall–Kier alpha value is -3.25. The van der Waals surface area contributed by atoms with Gasteiger partial charge in [0.15, 0.2) is 0 Å². The van der Waals surface area contributed by atoms with E-state index in [1.807, 2.05) is 48.5 Å². The van der Waals surface area contributed by atoms with Crippen LogP contribution in [0.2, 0.25) is 0 Å². The number of aromatic nitrogens is 2. The lowest BCUT2D eigenvalue weighted by Gasteiger charge is -2.13. The van der Waals surface area contributed by atoms with Crippen molar-refractivity contribution < 1.29 is 9.90 Å². The fraction of sp³-hybridized carbons (Fsp3) is 0.174. The lowest BCUT2D eigenvalue weighted by atomic mass is 10.1. The van der Waals surface area contributed by atoms with Gasteiger partial charge >= 0.3 is 5.97 Å². The number of hydrogen-bond acceptors (Lipinski definition) is 4. The summed E-state index contributed by atoms with van der Waals surface area (Å²) in [6.45, 7) is 0.494. The van der Waals surface area contributed by atoms with Crippen LogP contribution in [0.1, 0.15) is 33.7 Å². The fourth-order valence-electron chi connectivity index (χ4n) is 3.45. The van der Waals surface area contributed by atoms with Crippen LogP contribution in [0.3, 0.4) is 0 Å². The van der Waals surface area contributed by atoms with Crippen molar-refractivity contribution in [1.29, 1.82) is 0 Å². The van der Waals surface area contributed by atoms with Crippen LogP contribution in [-0.4, -0.2) is 20.6 Å². The summed E-state index contributed by atoms with van der Waals surface area (Å²) in [7, 11) is 0. The summed E-state index contributed by atoms with van der Waals surface area (Å²) in [5.74, 6) is -0.428. The second-order valence-corrected chi connectivity index (χ2v) is 7.73. The lowest BCUT2D eigenvalue weighted by Crippen LogP contribution is -2.26. The maximum atomic E-state index is 13.2. The third kappa shape index (κ3) is 4.12. The van der Waals surface area contributed by atoms with E-state index < -0.39 is 5.97 Å². The van der Waals surface area contributed by atoms with Gasteiger partial charge in [-0.05, 0) is 24.0 Å². The minimum absolute atomic E-state index is 0.0329. The molecule has 5 nitrogen and oxygen atoms in total. The van der Waals surface area contributed by atoms with Crippen LogP contribution >= 0.6 is 11.3 Å². The molecule has 2 heterocycles. The standard InChI is InChI=1S/C23H20N2O3S/c26-22-20-18(23(27)28)15-29-21(20)24-19(14-17-10-5-2-6-11-17)25(22)13-7-12-16-8-3-1-4-9-16/h1-6,8-11,15H,7,12-14H2,(H,27,28). The molecular formula is C23H20N2O3S. The molecule has 29 heavy (non-hydrogen) atoms. The molecule has 0 bridgehead atoms. The average Bonchev–Trinajstić information content (AvgIpc) is 3.16. The van der Waals surface area contributed by atoms with Crippen LogP contribution in [0.15, 0.2) is 70.8 Å². The molecule has 0 saturated heterocycles. The van der Waals surface area contributed by atoms with Crippen molar-refractivity contribution in [3.05, 3.63) is 98.9 Å². The van der Waals surface area contributed by atoms with Crippen LogP contribution < -0.4 is 5.56 Å². The van der Waals surface area contributed by atoms with Gasteiger partial charge in [0.2, 0.25) is 0 Å². The molecule has 0 atom stereocenters. The first kappa shape index (κ1) is 19.1. The third-order valence-electron chi connectivity index (χ3n) is 4.90. The minimum Gasteiger partial charge on any atom is -0.478 e. The van der Waals surface area contributed by atoms with Crippen molar-refractivity contribution >= 4 is 27.5 Å². The Kier molecular flexibility index (Phi) is 5.53. The maximum Gasteiger partial charge on any atom is 0.337 e. The van der Waals surface area contributed by atoms with Crippen LogP contribution in [0, 0.1) is 0 Å². The summed E-state index contributed by atoms with van der Waals surface area (Å²) in [6.07, 6.45) is 2.13. The zero-order valence-corrected chi connectivity index (χ0v) is 16.6. The second kappa shape index (κ2) is 8.41. The normalized spacial score (nSPS) is 11.0. The number of carboxylic acid groups (broad SMARTS) is 1. The Morgan fingerprint density at radius 2 is 1.66 bits per heavy atom. The van der Waals surface area contributed by atoms with Crippen LogP contribution in [0.4, 0.5) is 0 Å². The molecule has 0 unspecified atom stereocenters. The Morgan fingerprint density at radius 3 is 2.31 bits per heavy atom. The first-order chi connectivity index (χ1) is 14.1. The number of aryl methyl sites for hydroxylation is 1. The van der Waals surface area contributed by atoms with Crippen molar-refractivity contribution in [2.24, 2.45) is 0 Å². The fourth-order valence-corrected chi connectivity index (χ4v) is 4.38. The zero-order chi connectivity index (χ0) is 20.2. The van der Waals surface area contributed by atoms with E-state index in [0.29, 0.717) is 23.6 Å². The molecule has 4 rings (SSSR count). The van der Waals surface area contributed by atoms with Crippen molar-refractivity contribution in [2.75, 3.05) is 0 Å². The predicted octanol–water partition coefficient (Wildman–Crippen LogP) is 4.38. The number of nitrogens with zero attached hydrogens (tertiary/aromatic N) is 2. The van der Waals surface area contributed by atoms with E-state index in [0.717, 1.165) is 18.4 Å². The van der Waals surface area contributed by atoms with Crippen molar-refractivity contribution in [1.82, 2.24) is 9.55 Å². The lowest BCUT2D eigenvalue weighted by molar-refractivity contribution is 0.0699. The van der Waals surface area contributed by atoms with Gasteiger partial charge in [0.1, 0.15) is 10.7 Å². The highest BCUT2D eigenvalue weighted by molar-refractivity contribution is 7.17. The van der Waals surface area contributed by atoms with E-state index in [9.17, 15) is 14.7 Å². The quantitative estimate of drug-likeness (QED) is 0.496. The van der Waals surface area contributed by atoms with Gasteiger partial charge < -0.3 is 5.11 Å². The first-order valence-electron chi connectivity index (χ1n) is 9.45. The number of benzene rings is 2. The molecule has 2 aromatic heterocycles. The molecule has 0 radical (unpaired) electrons. The predicted molar refractivity (Wildman–Crippen MR) is 115 cm³/mol. The molecule has 1 N–H and O–H groups in total. The average molecular weight is 404 g/mol. The van der Waals surface area contributed by atoms with E-state index >= 15 is 0 Å². The van der Waals surface area contributed by atoms with E-state index in [1.165, 1.54) is 22.3 Å². The highest BCUT2D eigenvalue weighted by Crippen LogP contribution is 2.23. The highest BCUT2D eigenvalue weighted by Gasteiger charge is 2.19. The Balaban J connectivity index is 1.72. The molecule has 0 fully saturated rings. The van der Waals surface area contributed by atoms with Gasteiger partial charge in [0, 0.05) is 18.3 Å². The zero-order valence-electron chi connectivity index (χ0n) is 15.7. The summed E-state index contributed by atoms with van der Waals surface area (Å²) in [5.41, 5.74) is 2.03. The number of fused-ring (bicyclic) bond motifs is 1. The molecule has 0 aliphatic heterocycles. The topological polar surface area (TPSA) is 72.2 Å². The van der Waals surface area contributed by atoms with Crippen molar-refractivity contribution in [3.63, 3.8) is 0 Å². The molecule has 4 aromatic rings. The molecule has 0 spiro atoms. The number of hydrogen-bond donors (Lipinski definition) is 1. The van der Waals surface area contributed by atoms with Gasteiger partial charge in [-0.15, -0.1) is 11.3 Å². The van der Waals surface area contributed by atoms with Crippen LogP contribution in [-0.2, 0) is 19.4 Å². The number of rotatable bonds is 7. The Morgan fingerprint density at radius 1 is 1.00 bits per heavy atom. The van der Waals surface area contributed by atoms with Gasteiger partial charge in [0.05, 0.1) is 10.9 Å². The molecule has 0 saturated carbocycles. The second-order valence-electron chi connectivity index (χ2n) is 6.87. The maximum absolute atomic E-state index is 13.2. The van der Waals surface area contributed by atoms with Gasteiger partial charge in [0.25, 0.3) is 5.56 Å². The van der Waals surface area contributed by atoms with Gasteiger partial charge in [-0.1, -0.05) is 60.7 Å². The summed E-state index contributed by atoms with van der Waals surface area (Å²) in [4.78, 5) is 29.9. The molecule has 146 valence electrons. The van der Waals surface area contributed by atoms with E-state index in [4.69, 9.17) is 0 Å². The number of carboxylic acids is 1. The SMILES string of the molecule is O=C(O)c1csc2nc(Cc3ccccc3)n(CCCc3ccccc3)c(=O)c12. The number of thiophene rings is 1. The molecule has 0 aliphatic carbocycles. The number of aromatic carboxylic acids is 1. The summed E-state index contributed by atoms with van der Waals surface area (Å²) in [6, 6.07) is 20.0. The molecule has 0 aliphatic rings. The van der Waals surface area contributed by atoms with Gasteiger partial charge in [-0.25, -0.2) is 9.78 Å². The van der Waals surface area contributed by atoms with Crippen LogP contribution in [0.5, 0.6) is 0 Å². The minimum atomic E-state index is -1.10. The summed E-state index contributed by atoms with van der Waals surface area (Å²) >= 11 is 1.21. The monoisotopic (exact) mass is 404 g/mol. The third-order valence-corrected chi connectivity index (χ3v) is 5.77. The first-order valence-corrected chi connectivity index (χ1v) is 10.3.